The summed E-state index contributed by atoms with van der Waals surface area (Å²) in [6, 6.07) is 11.1. The van der Waals surface area contributed by atoms with Crippen molar-refractivity contribution in [2.24, 2.45) is 0 Å². The van der Waals surface area contributed by atoms with Gasteiger partial charge in [-0.1, -0.05) is 18.2 Å². The minimum absolute atomic E-state index is 0.117. The molecule has 1 aromatic carbocycles. The molecule has 2 fully saturated rings. The molecular weight excluding hydrogens is 545 g/mol. The van der Waals surface area contributed by atoms with Crippen LogP contribution in [0.4, 0.5) is 30.7 Å². The minimum atomic E-state index is -5.08. The zero-order valence-corrected chi connectivity index (χ0v) is 20.2. The van der Waals surface area contributed by atoms with E-state index in [4.69, 9.17) is 29.3 Å². The molecule has 0 amide bonds. The van der Waals surface area contributed by atoms with Crippen molar-refractivity contribution >= 4 is 11.9 Å². The molecular formula is C24H25F7N2O6. The highest BCUT2D eigenvalue weighted by atomic mass is 19.4. The Balaban J connectivity index is 0.000000317. The largest absolute Gasteiger partial charge is 0.490 e. The molecule has 0 radical (unpaired) electrons. The van der Waals surface area contributed by atoms with E-state index in [9.17, 15) is 30.7 Å². The van der Waals surface area contributed by atoms with E-state index in [1.165, 1.54) is 12.1 Å². The van der Waals surface area contributed by atoms with Crippen LogP contribution in [-0.2, 0) is 32.2 Å². The summed E-state index contributed by atoms with van der Waals surface area (Å²) in [7, 11) is 0. The number of halogens is 7. The fourth-order valence-electron chi connectivity index (χ4n) is 3.88. The van der Waals surface area contributed by atoms with Gasteiger partial charge in [0.2, 0.25) is 0 Å². The topological polar surface area (TPSA) is 109 Å². The van der Waals surface area contributed by atoms with Gasteiger partial charge in [0.05, 0.1) is 25.4 Å². The van der Waals surface area contributed by atoms with Crippen LogP contribution in [0, 0.1) is 5.82 Å². The Bertz CT molecular complexity index is 1030. The first-order valence-corrected chi connectivity index (χ1v) is 11.4. The second kappa shape index (κ2) is 14.2. The van der Waals surface area contributed by atoms with Gasteiger partial charge < -0.3 is 19.7 Å². The van der Waals surface area contributed by atoms with Gasteiger partial charge in [-0.05, 0) is 42.2 Å². The molecule has 3 atom stereocenters. The number of carbonyl (C=O) groups is 2. The molecule has 2 aliphatic rings. The SMILES string of the molecule is Fc1ccc(CN2CCO[C@H]3[C@@H](OCc4cccnc4)CC[C@@H]32)cc1.O=C(O)C(F)(F)F.O=C(O)C(F)(F)F. The Morgan fingerprint density at radius 1 is 0.974 bits per heavy atom. The van der Waals surface area contributed by atoms with Gasteiger partial charge >= 0.3 is 24.3 Å². The van der Waals surface area contributed by atoms with Crippen molar-refractivity contribution in [3.05, 3.63) is 65.7 Å². The highest BCUT2D eigenvalue weighted by molar-refractivity contribution is 5.73. The second-order valence-corrected chi connectivity index (χ2v) is 8.39. The van der Waals surface area contributed by atoms with Gasteiger partial charge in [-0.2, -0.15) is 26.3 Å². The van der Waals surface area contributed by atoms with E-state index in [0.29, 0.717) is 12.6 Å². The number of aliphatic carboxylic acids is 2. The Hall–Kier alpha value is -3.30. The lowest BCUT2D eigenvalue weighted by molar-refractivity contribution is -0.193. The van der Waals surface area contributed by atoms with E-state index >= 15 is 0 Å². The maximum atomic E-state index is 13.1. The number of carboxylic acid groups (broad SMARTS) is 2. The van der Waals surface area contributed by atoms with Gasteiger partial charge in [-0.15, -0.1) is 0 Å². The molecule has 4 rings (SSSR count). The van der Waals surface area contributed by atoms with Crippen molar-refractivity contribution in [1.82, 2.24) is 9.88 Å². The number of ether oxygens (including phenoxy) is 2. The molecule has 2 aromatic rings. The third-order valence-corrected chi connectivity index (χ3v) is 5.62. The summed E-state index contributed by atoms with van der Waals surface area (Å²) in [5, 5.41) is 14.2. The van der Waals surface area contributed by atoms with E-state index < -0.39 is 24.3 Å². The first-order chi connectivity index (χ1) is 18.2. The van der Waals surface area contributed by atoms with Crippen LogP contribution in [-0.4, -0.2) is 75.8 Å². The quantitative estimate of drug-likeness (QED) is 0.509. The predicted octanol–water partition coefficient (Wildman–Crippen LogP) is 4.44. The number of pyridine rings is 1. The standard InChI is InChI=1S/C20H23FN2O2.2C2HF3O2/c21-17-5-3-15(4-6-17)13-23-10-11-24-20-18(23)7-8-19(20)25-14-16-2-1-9-22-12-16;2*3-2(4,5)1(6)7/h1-6,9,12,18-20H,7-8,10-11,13-14H2;2*(H,6,7)/t18-,19-,20+;;/m0../s1. The van der Waals surface area contributed by atoms with Crippen molar-refractivity contribution in [2.45, 2.75) is 56.6 Å². The van der Waals surface area contributed by atoms with Gasteiger partial charge in [-0.3, -0.25) is 9.88 Å². The summed E-state index contributed by atoms with van der Waals surface area (Å²) < 4.78 is 88.8. The summed E-state index contributed by atoms with van der Waals surface area (Å²) in [4.78, 5) is 24.4. The summed E-state index contributed by atoms with van der Waals surface area (Å²) in [5.41, 5.74) is 2.23. The van der Waals surface area contributed by atoms with E-state index in [0.717, 1.165) is 43.7 Å². The van der Waals surface area contributed by atoms with Crippen molar-refractivity contribution in [2.75, 3.05) is 13.2 Å². The zero-order valence-electron chi connectivity index (χ0n) is 20.2. The van der Waals surface area contributed by atoms with Crippen LogP contribution in [0.15, 0.2) is 48.8 Å². The van der Waals surface area contributed by atoms with Crippen LogP contribution in [0.3, 0.4) is 0 Å². The number of morpholine rings is 1. The average molecular weight is 570 g/mol. The number of rotatable bonds is 5. The highest BCUT2D eigenvalue weighted by Crippen LogP contribution is 2.33. The molecule has 15 heteroatoms. The zero-order chi connectivity index (χ0) is 29.2. The number of aromatic nitrogens is 1. The monoisotopic (exact) mass is 570 g/mol. The van der Waals surface area contributed by atoms with E-state index in [1.807, 2.05) is 30.5 Å². The average Bonchev–Trinajstić information content (AvgIpc) is 3.28. The number of benzene rings is 1. The van der Waals surface area contributed by atoms with Gasteiger partial charge in [-0.25, -0.2) is 14.0 Å². The Labute approximate surface area is 218 Å². The minimum Gasteiger partial charge on any atom is -0.475 e. The van der Waals surface area contributed by atoms with Crippen LogP contribution in [0.5, 0.6) is 0 Å². The van der Waals surface area contributed by atoms with Crippen molar-refractivity contribution < 1.29 is 60.0 Å². The lowest BCUT2D eigenvalue weighted by atomic mass is 10.1. The molecule has 0 spiro atoms. The molecule has 2 heterocycles. The number of carboxylic acids is 2. The summed E-state index contributed by atoms with van der Waals surface area (Å²) in [5.74, 6) is -5.70. The molecule has 1 aliphatic carbocycles. The van der Waals surface area contributed by atoms with E-state index in [-0.39, 0.29) is 18.0 Å². The van der Waals surface area contributed by atoms with Crippen LogP contribution >= 0.6 is 0 Å². The lowest BCUT2D eigenvalue weighted by Crippen LogP contribution is -2.51. The Kier molecular flexibility index (Phi) is 11.6. The van der Waals surface area contributed by atoms with Crippen LogP contribution in [0.1, 0.15) is 24.0 Å². The smallest absolute Gasteiger partial charge is 0.475 e. The molecule has 8 nitrogen and oxygen atoms in total. The molecule has 1 saturated heterocycles. The highest BCUT2D eigenvalue weighted by Gasteiger charge is 2.43. The van der Waals surface area contributed by atoms with E-state index in [2.05, 4.69) is 9.88 Å². The molecule has 1 saturated carbocycles. The molecule has 0 unspecified atom stereocenters. The number of hydrogen-bond donors (Lipinski definition) is 2. The third-order valence-electron chi connectivity index (χ3n) is 5.62. The first-order valence-electron chi connectivity index (χ1n) is 11.4. The molecule has 2 N–H and O–H groups in total. The normalized spacial score (nSPS) is 21.1. The molecule has 0 bridgehead atoms. The number of alkyl halides is 6. The maximum absolute atomic E-state index is 13.1. The number of hydrogen-bond acceptors (Lipinski definition) is 6. The fourth-order valence-corrected chi connectivity index (χ4v) is 3.88. The number of fused-ring (bicyclic) bond motifs is 1. The molecule has 216 valence electrons. The molecule has 1 aromatic heterocycles. The second-order valence-electron chi connectivity index (χ2n) is 8.39. The fraction of sp³-hybridized carbons (Fsp3) is 0.458. The van der Waals surface area contributed by atoms with Gasteiger partial charge in [0.1, 0.15) is 5.82 Å². The van der Waals surface area contributed by atoms with Gasteiger partial charge in [0, 0.05) is 31.5 Å². The van der Waals surface area contributed by atoms with Gasteiger partial charge in [0.25, 0.3) is 0 Å². The Morgan fingerprint density at radius 2 is 1.56 bits per heavy atom. The molecule has 1 aliphatic heterocycles. The summed E-state index contributed by atoms with van der Waals surface area (Å²) >= 11 is 0. The summed E-state index contributed by atoms with van der Waals surface area (Å²) in [6.45, 7) is 3.03. The van der Waals surface area contributed by atoms with Crippen molar-refractivity contribution in [1.29, 1.82) is 0 Å². The van der Waals surface area contributed by atoms with Crippen LogP contribution < -0.4 is 0 Å². The van der Waals surface area contributed by atoms with Crippen molar-refractivity contribution in [3.8, 4) is 0 Å². The number of nitrogens with zero attached hydrogens (tertiary/aromatic N) is 2. The maximum Gasteiger partial charge on any atom is 0.490 e. The van der Waals surface area contributed by atoms with E-state index in [1.54, 1.807) is 6.20 Å². The Morgan fingerprint density at radius 3 is 2.08 bits per heavy atom. The summed E-state index contributed by atoms with van der Waals surface area (Å²) in [6.07, 6.45) is -4.23. The van der Waals surface area contributed by atoms with Crippen molar-refractivity contribution in [3.63, 3.8) is 0 Å². The predicted molar refractivity (Wildman–Crippen MR) is 120 cm³/mol. The lowest BCUT2D eigenvalue weighted by Gasteiger charge is -2.39. The molecule has 39 heavy (non-hydrogen) atoms. The first kappa shape index (κ1) is 31.9. The van der Waals surface area contributed by atoms with Crippen LogP contribution in [0.2, 0.25) is 0 Å². The third kappa shape index (κ3) is 10.8. The van der Waals surface area contributed by atoms with Gasteiger partial charge in [0.15, 0.2) is 0 Å². The van der Waals surface area contributed by atoms with Crippen LogP contribution in [0.25, 0.3) is 0 Å².